The van der Waals surface area contributed by atoms with E-state index in [2.05, 4.69) is 26.0 Å². The Hall–Kier alpha value is -3.59. The SMILES string of the molecule is CCCc1nc2ccc(Br)cc2c(=O)n1N=Cc1ccc(-c2ccccc2[N+](=O)[O-])o1. The van der Waals surface area contributed by atoms with Crippen LogP contribution in [0.4, 0.5) is 5.69 Å². The molecule has 2 heterocycles. The first-order chi connectivity index (χ1) is 15.0. The van der Waals surface area contributed by atoms with E-state index >= 15 is 0 Å². The Morgan fingerprint density at radius 1 is 1.23 bits per heavy atom. The third-order valence-corrected chi connectivity index (χ3v) is 5.14. The average molecular weight is 481 g/mol. The number of rotatable bonds is 6. The Balaban J connectivity index is 1.74. The van der Waals surface area contributed by atoms with Gasteiger partial charge >= 0.3 is 0 Å². The van der Waals surface area contributed by atoms with Crippen LogP contribution in [-0.4, -0.2) is 20.8 Å². The van der Waals surface area contributed by atoms with Gasteiger partial charge < -0.3 is 4.42 Å². The highest BCUT2D eigenvalue weighted by Crippen LogP contribution is 2.30. The van der Waals surface area contributed by atoms with Crippen LogP contribution in [0.5, 0.6) is 0 Å². The van der Waals surface area contributed by atoms with Crippen molar-refractivity contribution in [1.82, 2.24) is 9.66 Å². The molecule has 0 aliphatic heterocycles. The van der Waals surface area contributed by atoms with Crippen molar-refractivity contribution in [2.75, 3.05) is 0 Å². The van der Waals surface area contributed by atoms with Crippen LogP contribution in [0.2, 0.25) is 0 Å². The van der Waals surface area contributed by atoms with Gasteiger partial charge in [-0.25, -0.2) is 4.98 Å². The van der Waals surface area contributed by atoms with E-state index in [1.54, 1.807) is 42.5 Å². The molecule has 0 unspecified atom stereocenters. The van der Waals surface area contributed by atoms with Crippen LogP contribution in [0.3, 0.4) is 0 Å². The Morgan fingerprint density at radius 2 is 2.03 bits per heavy atom. The topological polar surface area (TPSA) is 104 Å². The molecule has 0 amide bonds. The van der Waals surface area contributed by atoms with Gasteiger partial charge in [-0.05, 0) is 42.8 Å². The van der Waals surface area contributed by atoms with E-state index in [1.807, 2.05) is 13.0 Å². The fourth-order valence-electron chi connectivity index (χ4n) is 3.22. The molecule has 8 nitrogen and oxygen atoms in total. The predicted octanol–water partition coefficient (Wildman–Crippen LogP) is 5.16. The average Bonchev–Trinajstić information content (AvgIpc) is 3.23. The summed E-state index contributed by atoms with van der Waals surface area (Å²) < 4.78 is 7.78. The van der Waals surface area contributed by atoms with Crippen molar-refractivity contribution in [3.05, 3.63) is 91.1 Å². The lowest BCUT2D eigenvalue weighted by Gasteiger charge is -2.08. The number of para-hydroxylation sites is 1. The van der Waals surface area contributed by atoms with Crippen molar-refractivity contribution in [2.24, 2.45) is 5.10 Å². The molecular formula is C22H17BrN4O4. The van der Waals surface area contributed by atoms with Crippen molar-refractivity contribution < 1.29 is 9.34 Å². The largest absolute Gasteiger partial charge is 0.455 e. The first-order valence-electron chi connectivity index (χ1n) is 9.57. The summed E-state index contributed by atoms with van der Waals surface area (Å²) in [5, 5.41) is 16.0. The van der Waals surface area contributed by atoms with Crippen molar-refractivity contribution in [3.8, 4) is 11.3 Å². The summed E-state index contributed by atoms with van der Waals surface area (Å²) in [4.78, 5) is 28.4. The second-order valence-electron chi connectivity index (χ2n) is 6.78. The molecule has 31 heavy (non-hydrogen) atoms. The molecule has 0 fully saturated rings. The van der Waals surface area contributed by atoms with Gasteiger partial charge in [-0.15, -0.1) is 0 Å². The number of nitro benzene ring substituents is 1. The molecular weight excluding hydrogens is 464 g/mol. The zero-order valence-corrected chi connectivity index (χ0v) is 18.1. The smallest absolute Gasteiger partial charge is 0.282 e. The lowest BCUT2D eigenvalue weighted by atomic mass is 10.1. The first-order valence-corrected chi connectivity index (χ1v) is 10.4. The van der Waals surface area contributed by atoms with Crippen LogP contribution in [0.15, 0.2) is 73.4 Å². The molecule has 0 radical (unpaired) electrons. The molecule has 0 aliphatic rings. The van der Waals surface area contributed by atoms with Gasteiger partial charge in [0, 0.05) is 17.0 Å². The third kappa shape index (κ3) is 4.17. The van der Waals surface area contributed by atoms with Crippen LogP contribution >= 0.6 is 15.9 Å². The maximum atomic E-state index is 13.0. The minimum Gasteiger partial charge on any atom is -0.455 e. The number of hydrogen-bond donors (Lipinski definition) is 0. The summed E-state index contributed by atoms with van der Waals surface area (Å²) in [6.45, 7) is 2.00. The summed E-state index contributed by atoms with van der Waals surface area (Å²) in [5.41, 5.74) is 0.649. The van der Waals surface area contributed by atoms with Gasteiger partial charge in [0.1, 0.15) is 17.3 Å². The van der Waals surface area contributed by atoms with Gasteiger partial charge in [0.05, 0.1) is 27.6 Å². The highest BCUT2D eigenvalue weighted by molar-refractivity contribution is 9.10. The van der Waals surface area contributed by atoms with E-state index in [1.165, 1.54) is 17.0 Å². The minimum atomic E-state index is -0.457. The Morgan fingerprint density at radius 3 is 2.81 bits per heavy atom. The molecule has 0 saturated carbocycles. The van der Waals surface area contributed by atoms with E-state index in [4.69, 9.17) is 4.42 Å². The fourth-order valence-corrected chi connectivity index (χ4v) is 3.58. The molecule has 0 atom stereocenters. The van der Waals surface area contributed by atoms with Crippen LogP contribution in [-0.2, 0) is 6.42 Å². The number of fused-ring (bicyclic) bond motifs is 1. The van der Waals surface area contributed by atoms with Gasteiger partial charge in [0.15, 0.2) is 0 Å². The van der Waals surface area contributed by atoms with Crippen LogP contribution in [0, 0.1) is 10.1 Å². The summed E-state index contributed by atoms with van der Waals surface area (Å²) >= 11 is 3.38. The minimum absolute atomic E-state index is 0.0499. The second-order valence-corrected chi connectivity index (χ2v) is 7.69. The molecule has 9 heteroatoms. The molecule has 0 saturated heterocycles. The highest BCUT2D eigenvalue weighted by Gasteiger charge is 2.17. The summed E-state index contributed by atoms with van der Waals surface area (Å²) in [6, 6.07) is 15.0. The van der Waals surface area contributed by atoms with E-state index in [9.17, 15) is 14.9 Å². The lowest BCUT2D eigenvalue weighted by molar-refractivity contribution is -0.384. The standard InChI is InChI=1S/C22H17BrN4O4/c1-2-5-21-25-18-10-8-14(23)12-17(18)22(28)26(21)24-13-15-9-11-20(31-15)16-6-3-4-7-19(16)27(29)30/h3-4,6-13H,2,5H2,1H3. The van der Waals surface area contributed by atoms with E-state index in [0.29, 0.717) is 40.2 Å². The normalized spacial score (nSPS) is 11.4. The molecule has 0 spiro atoms. The number of hydrogen-bond acceptors (Lipinski definition) is 6. The number of nitro groups is 1. The Bertz CT molecular complexity index is 1370. The van der Waals surface area contributed by atoms with Gasteiger partial charge in [-0.2, -0.15) is 9.78 Å². The fraction of sp³-hybridized carbons (Fsp3) is 0.136. The van der Waals surface area contributed by atoms with Crippen LogP contribution in [0.25, 0.3) is 22.2 Å². The summed E-state index contributed by atoms with van der Waals surface area (Å²) in [7, 11) is 0. The van der Waals surface area contributed by atoms with Gasteiger partial charge in [-0.3, -0.25) is 14.9 Å². The summed E-state index contributed by atoms with van der Waals surface area (Å²) in [6.07, 6.45) is 2.79. The zero-order chi connectivity index (χ0) is 22.0. The van der Waals surface area contributed by atoms with E-state index in [-0.39, 0.29) is 11.2 Å². The summed E-state index contributed by atoms with van der Waals surface area (Å²) in [5.74, 6) is 1.25. The quantitative estimate of drug-likeness (QED) is 0.215. The van der Waals surface area contributed by atoms with Crippen molar-refractivity contribution in [2.45, 2.75) is 19.8 Å². The number of nitrogens with zero attached hydrogens (tertiary/aromatic N) is 4. The van der Waals surface area contributed by atoms with Crippen molar-refractivity contribution in [3.63, 3.8) is 0 Å². The number of aromatic nitrogens is 2. The van der Waals surface area contributed by atoms with E-state index < -0.39 is 4.92 Å². The molecule has 2 aromatic carbocycles. The third-order valence-electron chi connectivity index (χ3n) is 4.64. The molecule has 4 rings (SSSR count). The highest BCUT2D eigenvalue weighted by atomic mass is 79.9. The Labute approximate surface area is 185 Å². The van der Waals surface area contributed by atoms with E-state index in [0.717, 1.165) is 10.9 Å². The van der Waals surface area contributed by atoms with Crippen LogP contribution < -0.4 is 5.56 Å². The first kappa shape index (κ1) is 20.7. The molecule has 0 aliphatic carbocycles. The molecule has 156 valence electrons. The monoisotopic (exact) mass is 480 g/mol. The van der Waals surface area contributed by atoms with Crippen molar-refractivity contribution in [1.29, 1.82) is 0 Å². The van der Waals surface area contributed by atoms with Crippen molar-refractivity contribution >= 4 is 38.7 Å². The number of benzene rings is 2. The number of aryl methyl sites for hydroxylation is 1. The second kappa shape index (κ2) is 8.65. The van der Waals surface area contributed by atoms with Gasteiger partial charge in [0.2, 0.25) is 0 Å². The number of furan rings is 1. The predicted molar refractivity (Wildman–Crippen MR) is 121 cm³/mol. The molecule has 0 bridgehead atoms. The Kier molecular flexibility index (Phi) is 5.77. The van der Waals surface area contributed by atoms with Gasteiger partial charge in [0.25, 0.3) is 11.2 Å². The molecule has 4 aromatic rings. The maximum absolute atomic E-state index is 13.0. The number of halogens is 1. The van der Waals surface area contributed by atoms with Gasteiger partial charge in [-0.1, -0.05) is 35.0 Å². The maximum Gasteiger partial charge on any atom is 0.282 e. The molecule has 0 N–H and O–H groups in total. The lowest BCUT2D eigenvalue weighted by Crippen LogP contribution is -2.22. The van der Waals surface area contributed by atoms with Crippen LogP contribution in [0.1, 0.15) is 24.9 Å². The molecule has 2 aromatic heterocycles. The zero-order valence-electron chi connectivity index (χ0n) is 16.5.